The van der Waals surface area contributed by atoms with Crippen molar-refractivity contribution in [3.8, 4) is 0 Å². The lowest BCUT2D eigenvalue weighted by molar-refractivity contribution is 0.635. The smallest absolute Gasteiger partial charge is 0.0528 e. The van der Waals surface area contributed by atoms with Gasteiger partial charge in [-0.3, -0.25) is 0 Å². The molecular formula is C11H16N2S. The summed E-state index contributed by atoms with van der Waals surface area (Å²) in [5, 5.41) is 3.55. The zero-order chi connectivity index (χ0) is 10.2. The molecule has 0 aliphatic carbocycles. The van der Waals surface area contributed by atoms with E-state index >= 15 is 0 Å². The van der Waals surface area contributed by atoms with Crippen molar-refractivity contribution in [2.45, 2.75) is 30.8 Å². The molecule has 0 saturated heterocycles. The van der Waals surface area contributed by atoms with Crippen LogP contribution in [-0.4, -0.2) is 11.3 Å². The van der Waals surface area contributed by atoms with E-state index in [0.717, 1.165) is 5.75 Å². The van der Waals surface area contributed by atoms with Crippen LogP contribution < -0.4 is 11.1 Å². The van der Waals surface area contributed by atoms with Crippen molar-refractivity contribution in [3.05, 3.63) is 23.8 Å². The number of rotatable bonds is 1. The molecule has 1 aromatic carbocycles. The van der Waals surface area contributed by atoms with Gasteiger partial charge in [-0.2, -0.15) is 0 Å². The van der Waals surface area contributed by atoms with Crippen molar-refractivity contribution in [2.75, 3.05) is 11.1 Å². The lowest BCUT2D eigenvalue weighted by atomic mass is 10.1. The topological polar surface area (TPSA) is 38.0 Å². The quantitative estimate of drug-likeness (QED) is 0.744. The van der Waals surface area contributed by atoms with Crippen LogP contribution in [0, 0.1) is 0 Å². The molecule has 0 radical (unpaired) electrons. The van der Waals surface area contributed by atoms with Crippen LogP contribution in [0.5, 0.6) is 0 Å². The molecule has 2 rings (SSSR count). The summed E-state index contributed by atoms with van der Waals surface area (Å²) in [6.07, 6.45) is 0. The Balaban J connectivity index is 2.43. The molecule has 0 spiro atoms. The molecular weight excluding hydrogens is 192 g/mol. The summed E-state index contributed by atoms with van der Waals surface area (Å²) in [4.78, 5) is 1.33. The number of hydrogen-bond donors (Lipinski definition) is 2. The number of para-hydroxylation sites is 1. The van der Waals surface area contributed by atoms with E-state index in [0.29, 0.717) is 6.54 Å². The van der Waals surface area contributed by atoms with Gasteiger partial charge >= 0.3 is 0 Å². The summed E-state index contributed by atoms with van der Waals surface area (Å²) in [7, 11) is 0. The number of nitrogens with one attached hydrogen (secondary N) is 1. The molecule has 0 bridgehead atoms. The summed E-state index contributed by atoms with van der Waals surface area (Å²) < 4.78 is 0. The van der Waals surface area contributed by atoms with Gasteiger partial charge in [0.05, 0.1) is 5.69 Å². The van der Waals surface area contributed by atoms with E-state index in [9.17, 15) is 0 Å². The van der Waals surface area contributed by atoms with Gasteiger partial charge in [-0.1, -0.05) is 12.1 Å². The zero-order valence-electron chi connectivity index (χ0n) is 8.63. The molecule has 0 saturated carbocycles. The van der Waals surface area contributed by atoms with Crippen LogP contribution in [0.4, 0.5) is 5.69 Å². The molecule has 1 aromatic rings. The van der Waals surface area contributed by atoms with E-state index in [1.807, 2.05) is 11.8 Å². The highest BCUT2D eigenvalue weighted by atomic mass is 32.2. The number of anilines is 1. The second kappa shape index (κ2) is 3.48. The van der Waals surface area contributed by atoms with Crippen LogP contribution in [0.2, 0.25) is 0 Å². The minimum absolute atomic E-state index is 0.170. The zero-order valence-corrected chi connectivity index (χ0v) is 9.45. The molecule has 3 N–H and O–H groups in total. The third-order valence-electron chi connectivity index (χ3n) is 2.38. The lowest BCUT2D eigenvalue weighted by Crippen LogP contribution is -2.37. The van der Waals surface area contributed by atoms with Gasteiger partial charge in [0.2, 0.25) is 0 Å². The first-order valence-electron chi connectivity index (χ1n) is 4.85. The second-order valence-corrected chi connectivity index (χ2v) is 5.31. The number of benzene rings is 1. The van der Waals surface area contributed by atoms with Crippen LogP contribution in [0.15, 0.2) is 23.1 Å². The van der Waals surface area contributed by atoms with Crippen molar-refractivity contribution in [1.29, 1.82) is 0 Å². The first-order chi connectivity index (χ1) is 6.62. The van der Waals surface area contributed by atoms with Crippen molar-refractivity contribution in [1.82, 2.24) is 0 Å². The highest BCUT2D eigenvalue weighted by Gasteiger charge is 2.25. The third kappa shape index (κ3) is 1.74. The Labute approximate surface area is 89.3 Å². The summed E-state index contributed by atoms with van der Waals surface area (Å²) in [5.41, 5.74) is 8.33. The maximum atomic E-state index is 5.71. The largest absolute Gasteiger partial charge is 0.378 e. The van der Waals surface area contributed by atoms with Gasteiger partial charge in [-0.15, -0.1) is 11.8 Å². The highest BCUT2D eigenvalue weighted by Crippen LogP contribution is 2.38. The first-order valence-corrected chi connectivity index (χ1v) is 5.84. The molecule has 0 aromatic heterocycles. The van der Waals surface area contributed by atoms with Crippen molar-refractivity contribution < 1.29 is 0 Å². The molecule has 1 aliphatic rings. The van der Waals surface area contributed by atoms with Gasteiger partial charge in [0, 0.05) is 22.7 Å². The van der Waals surface area contributed by atoms with Crippen molar-refractivity contribution >= 4 is 17.4 Å². The molecule has 3 heteroatoms. The Morgan fingerprint density at radius 3 is 3.00 bits per heavy atom. The van der Waals surface area contributed by atoms with E-state index in [1.54, 1.807) is 0 Å². The molecule has 2 nitrogen and oxygen atoms in total. The number of hydrogen-bond acceptors (Lipinski definition) is 3. The molecule has 0 unspecified atom stereocenters. The van der Waals surface area contributed by atoms with Gasteiger partial charge in [0.1, 0.15) is 0 Å². The van der Waals surface area contributed by atoms with Crippen LogP contribution in [0.3, 0.4) is 0 Å². The number of nitrogens with two attached hydrogens (primary N) is 1. The Bertz CT molecular complexity index is 333. The minimum Gasteiger partial charge on any atom is -0.378 e. The highest BCUT2D eigenvalue weighted by molar-refractivity contribution is 7.99. The summed E-state index contributed by atoms with van der Waals surface area (Å²) in [6, 6.07) is 6.32. The summed E-state index contributed by atoms with van der Waals surface area (Å²) in [6.45, 7) is 5.04. The van der Waals surface area contributed by atoms with Crippen LogP contribution in [-0.2, 0) is 6.54 Å². The Morgan fingerprint density at radius 2 is 2.29 bits per heavy atom. The molecule has 1 heterocycles. The van der Waals surface area contributed by atoms with Gasteiger partial charge in [0.15, 0.2) is 0 Å². The molecule has 76 valence electrons. The fourth-order valence-electron chi connectivity index (χ4n) is 1.64. The third-order valence-corrected chi connectivity index (χ3v) is 3.90. The predicted molar refractivity (Wildman–Crippen MR) is 62.8 cm³/mol. The first kappa shape index (κ1) is 9.87. The lowest BCUT2D eigenvalue weighted by Gasteiger charge is -2.34. The monoisotopic (exact) mass is 208 g/mol. The Morgan fingerprint density at radius 1 is 1.50 bits per heavy atom. The van der Waals surface area contributed by atoms with Gasteiger partial charge in [0.25, 0.3) is 0 Å². The molecule has 0 fully saturated rings. The maximum absolute atomic E-state index is 5.71. The average molecular weight is 208 g/mol. The van der Waals surface area contributed by atoms with Crippen LogP contribution in [0.25, 0.3) is 0 Å². The average Bonchev–Trinajstić information content (AvgIpc) is 2.15. The van der Waals surface area contributed by atoms with E-state index in [-0.39, 0.29) is 5.54 Å². The summed E-state index contributed by atoms with van der Waals surface area (Å²) in [5.74, 6) is 1.11. The molecule has 0 amide bonds. The standard InChI is InChI=1S/C11H16N2S/c1-11(2)7-14-9-5-3-4-8(6-12)10(9)13-11/h3-5,13H,6-7,12H2,1-2H3. The van der Waals surface area contributed by atoms with E-state index in [1.165, 1.54) is 16.1 Å². The van der Waals surface area contributed by atoms with Gasteiger partial charge in [-0.25, -0.2) is 0 Å². The summed E-state index contributed by atoms with van der Waals surface area (Å²) >= 11 is 1.91. The van der Waals surface area contributed by atoms with Crippen molar-refractivity contribution in [2.24, 2.45) is 5.73 Å². The normalized spacial score (nSPS) is 18.5. The van der Waals surface area contributed by atoms with E-state index in [4.69, 9.17) is 5.73 Å². The fraction of sp³-hybridized carbons (Fsp3) is 0.455. The number of thioether (sulfide) groups is 1. The molecule has 0 atom stereocenters. The Kier molecular flexibility index (Phi) is 2.45. The van der Waals surface area contributed by atoms with Gasteiger partial charge < -0.3 is 11.1 Å². The minimum atomic E-state index is 0.170. The molecule has 14 heavy (non-hydrogen) atoms. The second-order valence-electron chi connectivity index (χ2n) is 4.29. The number of fused-ring (bicyclic) bond motifs is 1. The van der Waals surface area contributed by atoms with Crippen molar-refractivity contribution in [3.63, 3.8) is 0 Å². The van der Waals surface area contributed by atoms with Crippen LogP contribution in [0.1, 0.15) is 19.4 Å². The van der Waals surface area contributed by atoms with E-state index < -0.39 is 0 Å². The SMILES string of the molecule is CC1(C)CSc2cccc(CN)c2N1. The van der Waals surface area contributed by atoms with E-state index in [2.05, 4.69) is 37.4 Å². The van der Waals surface area contributed by atoms with Crippen LogP contribution >= 0.6 is 11.8 Å². The maximum Gasteiger partial charge on any atom is 0.0528 e. The van der Waals surface area contributed by atoms with Gasteiger partial charge in [-0.05, 0) is 25.5 Å². The molecule has 1 aliphatic heterocycles. The fourth-order valence-corrected chi connectivity index (χ4v) is 2.73. The Hall–Kier alpha value is -0.670. The predicted octanol–water partition coefficient (Wildman–Crippen LogP) is 2.44.